The predicted molar refractivity (Wildman–Crippen MR) is 91.1 cm³/mol. The van der Waals surface area contributed by atoms with E-state index in [1.807, 2.05) is 60.7 Å². The highest BCUT2D eigenvalue weighted by Crippen LogP contribution is 2.43. The third-order valence-electron chi connectivity index (χ3n) is 4.44. The summed E-state index contributed by atoms with van der Waals surface area (Å²) in [4.78, 5) is 13.0. The molecule has 4 heteroatoms. The van der Waals surface area contributed by atoms with Gasteiger partial charge in [-0.3, -0.25) is 4.79 Å². The fourth-order valence-electron chi connectivity index (χ4n) is 3.51. The lowest BCUT2D eigenvalue weighted by molar-refractivity contribution is -0.873. The van der Waals surface area contributed by atoms with Crippen molar-refractivity contribution in [3.8, 4) is 0 Å². The van der Waals surface area contributed by atoms with E-state index < -0.39 is 5.41 Å². The van der Waals surface area contributed by atoms with Gasteiger partial charge in [0.15, 0.2) is 6.10 Å². The summed E-state index contributed by atoms with van der Waals surface area (Å²) in [6, 6.07) is 20.0. The van der Waals surface area contributed by atoms with E-state index in [-0.39, 0.29) is 36.0 Å². The molecule has 1 fully saturated rings. The maximum atomic E-state index is 13.0. The van der Waals surface area contributed by atoms with Crippen molar-refractivity contribution in [2.24, 2.45) is 0 Å². The van der Waals surface area contributed by atoms with Crippen molar-refractivity contribution >= 4 is 5.97 Å². The number of halogens is 1. The summed E-state index contributed by atoms with van der Waals surface area (Å²) in [6.07, 6.45) is 0.623. The molecule has 1 aliphatic rings. The van der Waals surface area contributed by atoms with Crippen LogP contribution in [0.4, 0.5) is 0 Å². The number of hydrogen-bond donors (Lipinski definition) is 0. The monoisotopic (exact) mass is 437 g/mol. The Bertz CT molecular complexity index is 640. The van der Waals surface area contributed by atoms with E-state index in [1.54, 1.807) is 0 Å². The molecule has 0 N–H and O–H groups in total. The SMILES string of the molecule is C[N+](C)(C)CC1CC(c2ccccc2)(c2ccccc2)C(=O)O1.[I-]. The van der Waals surface area contributed by atoms with Gasteiger partial charge in [-0.15, -0.1) is 0 Å². The van der Waals surface area contributed by atoms with Crippen LogP contribution in [0.1, 0.15) is 17.5 Å². The van der Waals surface area contributed by atoms with Gasteiger partial charge < -0.3 is 33.2 Å². The number of ether oxygens (including phenoxy) is 1. The molecule has 1 heterocycles. The van der Waals surface area contributed by atoms with E-state index in [4.69, 9.17) is 4.74 Å². The highest BCUT2D eigenvalue weighted by atomic mass is 127. The van der Waals surface area contributed by atoms with E-state index in [1.165, 1.54) is 0 Å². The number of esters is 1. The molecule has 0 radical (unpaired) electrons. The molecule has 1 saturated heterocycles. The van der Waals surface area contributed by atoms with Crippen LogP contribution in [0.25, 0.3) is 0 Å². The van der Waals surface area contributed by atoms with Gasteiger partial charge >= 0.3 is 5.97 Å². The molecule has 1 aliphatic heterocycles. The second-order valence-electron chi connectivity index (χ2n) is 7.34. The Hall–Kier alpha value is -1.40. The normalized spacial score (nSPS) is 19.5. The Morgan fingerprint density at radius 2 is 1.42 bits per heavy atom. The molecule has 0 bridgehead atoms. The first-order chi connectivity index (χ1) is 10.9. The zero-order valence-corrected chi connectivity index (χ0v) is 16.6. The maximum absolute atomic E-state index is 13.0. The minimum atomic E-state index is -0.692. The lowest BCUT2D eigenvalue weighted by Gasteiger charge is -2.28. The molecule has 3 rings (SSSR count). The zero-order valence-electron chi connectivity index (χ0n) is 14.4. The fraction of sp³-hybridized carbons (Fsp3) is 0.350. The van der Waals surface area contributed by atoms with Gasteiger partial charge in [0.05, 0.1) is 21.1 Å². The Morgan fingerprint density at radius 1 is 0.958 bits per heavy atom. The summed E-state index contributed by atoms with van der Waals surface area (Å²) in [6.45, 7) is 0.813. The summed E-state index contributed by atoms with van der Waals surface area (Å²) in [5.74, 6) is -0.131. The number of benzene rings is 2. The van der Waals surface area contributed by atoms with Crippen LogP contribution in [0.5, 0.6) is 0 Å². The second kappa shape index (κ2) is 7.23. The van der Waals surface area contributed by atoms with Crippen LogP contribution >= 0.6 is 0 Å². The third-order valence-corrected chi connectivity index (χ3v) is 4.44. The molecule has 3 nitrogen and oxygen atoms in total. The van der Waals surface area contributed by atoms with Crippen molar-refractivity contribution in [3.63, 3.8) is 0 Å². The van der Waals surface area contributed by atoms with Gasteiger partial charge in [-0.05, 0) is 11.1 Å². The Balaban J connectivity index is 0.00000208. The fourth-order valence-corrected chi connectivity index (χ4v) is 3.51. The molecule has 0 amide bonds. The number of hydrogen-bond acceptors (Lipinski definition) is 2. The van der Waals surface area contributed by atoms with Crippen LogP contribution in [-0.2, 0) is 14.9 Å². The van der Waals surface area contributed by atoms with E-state index in [0.29, 0.717) is 6.42 Å². The predicted octanol–water partition coefficient (Wildman–Crippen LogP) is -0.00160. The van der Waals surface area contributed by atoms with Crippen LogP contribution in [0, 0.1) is 0 Å². The van der Waals surface area contributed by atoms with Crippen LogP contribution in [0.3, 0.4) is 0 Å². The smallest absolute Gasteiger partial charge is 0.321 e. The van der Waals surface area contributed by atoms with Crippen molar-refractivity contribution in [3.05, 3.63) is 71.8 Å². The highest BCUT2D eigenvalue weighted by Gasteiger charge is 2.52. The molecule has 1 unspecified atom stereocenters. The van der Waals surface area contributed by atoms with Crippen LogP contribution in [0.2, 0.25) is 0 Å². The Labute approximate surface area is 161 Å². The summed E-state index contributed by atoms with van der Waals surface area (Å²) in [5.41, 5.74) is 1.34. The number of likely N-dealkylation sites (N-methyl/N-ethyl adjacent to an activating group) is 1. The number of carbonyl (C=O) groups is 1. The number of carbonyl (C=O) groups excluding carboxylic acids is 1. The Kier molecular flexibility index (Phi) is 5.71. The Morgan fingerprint density at radius 3 is 1.83 bits per heavy atom. The molecule has 2 aromatic rings. The first-order valence-corrected chi connectivity index (χ1v) is 8.04. The zero-order chi connectivity index (χ0) is 16.5. The van der Waals surface area contributed by atoms with Crippen molar-refractivity contribution in [1.82, 2.24) is 0 Å². The molecular formula is C20H24INO2. The standard InChI is InChI=1S/C20H24NO2.HI/c1-21(2,3)15-18-14-20(19(22)23-18,16-10-6-4-7-11-16)17-12-8-5-9-13-17;/h4-13,18H,14-15H2,1-3H3;1H/q+1;/p-1. The molecule has 0 aromatic heterocycles. The van der Waals surface area contributed by atoms with Gasteiger partial charge in [-0.2, -0.15) is 0 Å². The average molecular weight is 437 g/mol. The van der Waals surface area contributed by atoms with Gasteiger partial charge in [-0.25, -0.2) is 0 Å². The lowest BCUT2D eigenvalue weighted by Crippen LogP contribution is -3.00. The van der Waals surface area contributed by atoms with E-state index in [2.05, 4.69) is 21.1 Å². The van der Waals surface area contributed by atoms with Crippen molar-refractivity contribution < 1.29 is 38.0 Å². The van der Waals surface area contributed by atoms with Gasteiger partial charge in [0.25, 0.3) is 0 Å². The first kappa shape index (κ1) is 18.9. The van der Waals surface area contributed by atoms with Gasteiger partial charge in [0, 0.05) is 6.42 Å². The first-order valence-electron chi connectivity index (χ1n) is 8.04. The molecule has 24 heavy (non-hydrogen) atoms. The number of nitrogens with zero attached hydrogens (tertiary/aromatic N) is 1. The molecule has 0 saturated carbocycles. The van der Waals surface area contributed by atoms with E-state index >= 15 is 0 Å². The molecule has 1 atom stereocenters. The summed E-state index contributed by atoms with van der Waals surface area (Å²) >= 11 is 0. The molecule has 0 aliphatic carbocycles. The average Bonchev–Trinajstić information content (AvgIpc) is 2.84. The molecule has 128 valence electrons. The topological polar surface area (TPSA) is 26.3 Å². The van der Waals surface area contributed by atoms with Gasteiger partial charge in [0.1, 0.15) is 12.0 Å². The molecule has 0 spiro atoms. The summed E-state index contributed by atoms with van der Waals surface area (Å²) in [5, 5.41) is 0. The quantitative estimate of drug-likeness (QED) is 0.383. The summed E-state index contributed by atoms with van der Waals surface area (Å²) < 4.78 is 6.58. The van der Waals surface area contributed by atoms with E-state index in [9.17, 15) is 4.79 Å². The number of rotatable bonds is 4. The molecular weight excluding hydrogens is 413 g/mol. The van der Waals surface area contributed by atoms with Crippen molar-refractivity contribution in [1.29, 1.82) is 0 Å². The minimum Gasteiger partial charge on any atom is -1.00 e. The lowest BCUT2D eigenvalue weighted by atomic mass is 9.72. The molecule has 2 aromatic carbocycles. The highest BCUT2D eigenvalue weighted by molar-refractivity contribution is 5.89. The van der Waals surface area contributed by atoms with Crippen LogP contribution in [0.15, 0.2) is 60.7 Å². The largest absolute Gasteiger partial charge is 1.00 e. The van der Waals surface area contributed by atoms with Gasteiger partial charge in [0.2, 0.25) is 0 Å². The third kappa shape index (κ3) is 3.64. The van der Waals surface area contributed by atoms with E-state index in [0.717, 1.165) is 22.2 Å². The van der Waals surface area contributed by atoms with Crippen molar-refractivity contribution in [2.75, 3.05) is 27.7 Å². The second-order valence-corrected chi connectivity index (χ2v) is 7.34. The summed E-state index contributed by atoms with van der Waals surface area (Å²) in [7, 11) is 6.37. The van der Waals surface area contributed by atoms with Crippen LogP contribution in [-0.4, -0.2) is 44.2 Å². The minimum absolute atomic E-state index is 0. The van der Waals surface area contributed by atoms with Crippen molar-refractivity contribution in [2.45, 2.75) is 17.9 Å². The number of quaternary nitrogens is 1. The van der Waals surface area contributed by atoms with Crippen LogP contribution < -0.4 is 24.0 Å². The maximum Gasteiger partial charge on any atom is 0.321 e. The number of cyclic esters (lactones) is 1. The van der Waals surface area contributed by atoms with Gasteiger partial charge in [-0.1, -0.05) is 60.7 Å².